The van der Waals surface area contributed by atoms with Gasteiger partial charge >= 0.3 is 0 Å². The number of pyridine rings is 1. The number of nitrogens with zero attached hydrogens (tertiary/aromatic N) is 3. The van der Waals surface area contributed by atoms with Gasteiger partial charge in [0.05, 0.1) is 33.3 Å². The van der Waals surface area contributed by atoms with Crippen molar-refractivity contribution in [3.8, 4) is 11.3 Å². The summed E-state index contributed by atoms with van der Waals surface area (Å²) < 4.78 is 0.997. The van der Waals surface area contributed by atoms with Crippen molar-refractivity contribution < 1.29 is 4.79 Å². The maximum absolute atomic E-state index is 12.6. The van der Waals surface area contributed by atoms with E-state index in [-0.39, 0.29) is 5.91 Å². The average Bonchev–Trinajstić information content (AvgIpc) is 3.44. The largest absolute Gasteiger partial charge is 0.330 e. The fourth-order valence-electron chi connectivity index (χ4n) is 2.95. The molecule has 30 heavy (non-hydrogen) atoms. The van der Waals surface area contributed by atoms with Gasteiger partial charge in [-0.15, -0.1) is 22.7 Å². The van der Waals surface area contributed by atoms with Crippen LogP contribution in [0.5, 0.6) is 0 Å². The Balaban J connectivity index is 1.28. The van der Waals surface area contributed by atoms with Gasteiger partial charge < -0.3 is 10.6 Å². The van der Waals surface area contributed by atoms with Crippen LogP contribution in [0.4, 0.5) is 16.5 Å². The molecule has 0 radical (unpaired) electrons. The zero-order valence-corrected chi connectivity index (χ0v) is 17.2. The number of aromatic nitrogens is 3. The number of benzene rings is 2. The van der Waals surface area contributed by atoms with Gasteiger partial charge in [0.25, 0.3) is 5.91 Å². The van der Waals surface area contributed by atoms with Crippen molar-refractivity contribution >= 4 is 55.3 Å². The second-order valence-electron chi connectivity index (χ2n) is 6.47. The Bertz CT molecular complexity index is 1310. The lowest BCUT2D eigenvalue weighted by Crippen LogP contribution is -2.11. The number of carbonyl (C=O) groups is 1. The zero-order valence-electron chi connectivity index (χ0n) is 15.6. The normalized spacial score (nSPS) is 10.8. The van der Waals surface area contributed by atoms with Crippen LogP contribution in [0.3, 0.4) is 0 Å². The van der Waals surface area contributed by atoms with Gasteiger partial charge in [-0.05, 0) is 42.5 Å². The van der Waals surface area contributed by atoms with Crippen LogP contribution < -0.4 is 10.6 Å². The lowest BCUT2D eigenvalue weighted by atomic mass is 10.1. The molecule has 0 saturated heterocycles. The maximum Gasteiger partial charge on any atom is 0.255 e. The van der Waals surface area contributed by atoms with E-state index < -0.39 is 0 Å². The number of thiazole rings is 2. The fraction of sp³-hybridized carbons (Fsp3) is 0. The molecule has 6 nitrogen and oxygen atoms in total. The summed E-state index contributed by atoms with van der Waals surface area (Å²) in [5.41, 5.74) is 6.78. The van der Waals surface area contributed by atoms with E-state index in [9.17, 15) is 4.79 Å². The molecule has 0 aliphatic carbocycles. The van der Waals surface area contributed by atoms with Crippen LogP contribution in [0.25, 0.3) is 21.5 Å². The van der Waals surface area contributed by atoms with E-state index in [0.29, 0.717) is 5.56 Å². The molecule has 8 heteroatoms. The Labute approximate surface area is 180 Å². The molecule has 0 fully saturated rings. The van der Waals surface area contributed by atoms with Crippen LogP contribution in [0.15, 0.2) is 77.9 Å². The van der Waals surface area contributed by atoms with E-state index in [1.807, 2.05) is 53.9 Å². The molecule has 5 rings (SSSR count). The smallest absolute Gasteiger partial charge is 0.255 e. The lowest BCUT2D eigenvalue weighted by molar-refractivity contribution is 0.102. The Morgan fingerprint density at radius 3 is 2.70 bits per heavy atom. The minimum atomic E-state index is -0.144. The topological polar surface area (TPSA) is 79.8 Å². The SMILES string of the molecule is O=C(Nc1ccc(-c2csc(Nc3cccnc3)n2)cc1)c1ccc2ncsc2c1. The minimum Gasteiger partial charge on any atom is -0.330 e. The summed E-state index contributed by atoms with van der Waals surface area (Å²) in [7, 11) is 0. The number of carbonyl (C=O) groups excluding carboxylic acids is 1. The summed E-state index contributed by atoms with van der Waals surface area (Å²) in [5.74, 6) is -0.144. The molecule has 0 atom stereocenters. The van der Waals surface area contributed by atoms with Crippen molar-refractivity contribution in [2.45, 2.75) is 0 Å². The molecule has 2 aromatic carbocycles. The van der Waals surface area contributed by atoms with E-state index in [2.05, 4.69) is 25.6 Å². The minimum absolute atomic E-state index is 0.144. The molecule has 3 aromatic heterocycles. The van der Waals surface area contributed by atoms with E-state index in [1.54, 1.807) is 24.0 Å². The maximum atomic E-state index is 12.6. The van der Waals surface area contributed by atoms with Gasteiger partial charge in [0.15, 0.2) is 5.13 Å². The number of anilines is 3. The van der Waals surface area contributed by atoms with Gasteiger partial charge in [-0.3, -0.25) is 9.78 Å². The number of hydrogen-bond acceptors (Lipinski definition) is 7. The Morgan fingerprint density at radius 1 is 0.967 bits per heavy atom. The molecule has 0 aliphatic rings. The highest BCUT2D eigenvalue weighted by Gasteiger charge is 2.09. The highest BCUT2D eigenvalue weighted by atomic mass is 32.1. The van der Waals surface area contributed by atoms with Gasteiger partial charge in [0.1, 0.15) is 0 Å². The van der Waals surface area contributed by atoms with Gasteiger partial charge in [-0.1, -0.05) is 12.1 Å². The lowest BCUT2D eigenvalue weighted by Gasteiger charge is -2.06. The van der Waals surface area contributed by atoms with Crippen LogP contribution in [-0.4, -0.2) is 20.9 Å². The van der Waals surface area contributed by atoms with E-state index in [1.165, 1.54) is 22.7 Å². The molecule has 0 aliphatic heterocycles. The second kappa shape index (κ2) is 8.02. The van der Waals surface area contributed by atoms with Crippen molar-refractivity contribution in [1.29, 1.82) is 0 Å². The molecular formula is C22H15N5OS2. The van der Waals surface area contributed by atoms with E-state index >= 15 is 0 Å². The number of fused-ring (bicyclic) bond motifs is 1. The Hall–Kier alpha value is -3.62. The molecule has 5 aromatic rings. The predicted octanol–water partition coefficient (Wildman–Crippen LogP) is 5.81. The molecule has 0 unspecified atom stereocenters. The number of hydrogen-bond donors (Lipinski definition) is 2. The Kier molecular flexibility index (Phi) is 4.92. The number of rotatable bonds is 5. The zero-order chi connectivity index (χ0) is 20.3. The summed E-state index contributed by atoms with van der Waals surface area (Å²) in [6.07, 6.45) is 3.49. The van der Waals surface area contributed by atoms with Crippen molar-refractivity contribution in [1.82, 2.24) is 15.0 Å². The van der Waals surface area contributed by atoms with Gasteiger partial charge in [0, 0.05) is 28.4 Å². The molecule has 0 spiro atoms. The fourth-order valence-corrected chi connectivity index (χ4v) is 4.40. The molecule has 0 saturated carbocycles. The first-order valence-corrected chi connectivity index (χ1v) is 10.9. The summed E-state index contributed by atoms with van der Waals surface area (Å²) in [5, 5.41) is 8.98. The third-order valence-corrected chi connectivity index (χ3v) is 6.00. The molecule has 1 amide bonds. The van der Waals surface area contributed by atoms with Gasteiger partial charge in [-0.2, -0.15) is 0 Å². The van der Waals surface area contributed by atoms with Gasteiger partial charge in [-0.25, -0.2) is 9.97 Å². The molecule has 0 bridgehead atoms. The molecule has 2 N–H and O–H groups in total. The Morgan fingerprint density at radius 2 is 1.87 bits per heavy atom. The predicted molar refractivity (Wildman–Crippen MR) is 123 cm³/mol. The van der Waals surface area contributed by atoms with Crippen molar-refractivity contribution in [2.75, 3.05) is 10.6 Å². The number of nitrogens with one attached hydrogen (secondary N) is 2. The first kappa shape index (κ1) is 18.4. The van der Waals surface area contributed by atoms with Crippen molar-refractivity contribution in [2.24, 2.45) is 0 Å². The summed E-state index contributed by atoms with van der Waals surface area (Å²) in [4.78, 5) is 25.5. The van der Waals surface area contributed by atoms with E-state index in [4.69, 9.17) is 0 Å². The third kappa shape index (κ3) is 3.91. The quantitative estimate of drug-likeness (QED) is 0.368. The number of amides is 1. The highest BCUT2D eigenvalue weighted by molar-refractivity contribution is 7.16. The van der Waals surface area contributed by atoms with E-state index in [0.717, 1.165) is 38.0 Å². The standard InChI is InChI=1S/C22H15N5OS2/c28-21(15-5-8-18-20(10-15)30-13-24-18)25-16-6-3-14(4-7-16)19-12-29-22(27-19)26-17-2-1-9-23-11-17/h1-13H,(H,25,28)(H,26,27). The monoisotopic (exact) mass is 429 g/mol. The summed E-state index contributed by atoms with van der Waals surface area (Å²) >= 11 is 3.05. The van der Waals surface area contributed by atoms with Crippen molar-refractivity contribution in [3.05, 3.63) is 83.4 Å². The van der Waals surface area contributed by atoms with Gasteiger partial charge in [0.2, 0.25) is 0 Å². The average molecular weight is 430 g/mol. The van der Waals surface area contributed by atoms with Crippen LogP contribution in [0, 0.1) is 0 Å². The summed E-state index contributed by atoms with van der Waals surface area (Å²) in [6.45, 7) is 0. The van der Waals surface area contributed by atoms with Crippen LogP contribution in [0.2, 0.25) is 0 Å². The molecular weight excluding hydrogens is 414 g/mol. The molecule has 3 heterocycles. The molecule has 146 valence electrons. The van der Waals surface area contributed by atoms with Crippen molar-refractivity contribution in [3.63, 3.8) is 0 Å². The highest BCUT2D eigenvalue weighted by Crippen LogP contribution is 2.28. The summed E-state index contributed by atoms with van der Waals surface area (Å²) in [6, 6.07) is 17.0. The van der Waals surface area contributed by atoms with Crippen LogP contribution in [-0.2, 0) is 0 Å². The first-order valence-electron chi connectivity index (χ1n) is 9.12. The first-order chi connectivity index (χ1) is 14.7. The van der Waals surface area contributed by atoms with Crippen LogP contribution >= 0.6 is 22.7 Å². The third-order valence-electron chi connectivity index (χ3n) is 4.45. The van der Waals surface area contributed by atoms with Crippen LogP contribution in [0.1, 0.15) is 10.4 Å². The second-order valence-corrected chi connectivity index (χ2v) is 8.22.